The summed E-state index contributed by atoms with van der Waals surface area (Å²) >= 11 is 0. The van der Waals surface area contributed by atoms with Gasteiger partial charge in [0.2, 0.25) is 0 Å². The van der Waals surface area contributed by atoms with Crippen LogP contribution in [0.3, 0.4) is 0 Å². The number of para-hydroxylation sites is 5. The van der Waals surface area contributed by atoms with Crippen molar-refractivity contribution in [1.29, 1.82) is 0 Å². The van der Waals surface area contributed by atoms with Gasteiger partial charge in [-0.15, -0.1) is 0 Å². The molecule has 2 heterocycles. The van der Waals surface area contributed by atoms with E-state index in [9.17, 15) is 0 Å². The first-order valence-electron chi connectivity index (χ1n) is 19.3. The minimum Gasteiger partial charge on any atom is -0.455 e. The van der Waals surface area contributed by atoms with Gasteiger partial charge in [0, 0.05) is 45.2 Å². The van der Waals surface area contributed by atoms with E-state index in [0.29, 0.717) is 0 Å². The van der Waals surface area contributed by atoms with Gasteiger partial charge in [-0.1, -0.05) is 164 Å². The third kappa shape index (κ3) is 6.22. The van der Waals surface area contributed by atoms with Crippen LogP contribution in [-0.4, -0.2) is 0 Å². The molecule has 1 aliphatic rings. The Labute approximate surface area is 333 Å². The number of hydrogen-bond acceptors (Lipinski definition) is 3. The molecule has 0 bridgehead atoms. The highest BCUT2D eigenvalue weighted by Crippen LogP contribution is 2.43. The Kier molecular flexibility index (Phi) is 8.66. The predicted octanol–water partition coefficient (Wildman–Crippen LogP) is 15.0. The molecule has 3 nitrogen and oxygen atoms in total. The van der Waals surface area contributed by atoms with Crippen molar-refractivity contribution in [1.82, 2.24) is 0 Å². The number of benzene rings is 8. The number of hydrogen-bond donors (Lipinski definition) is 0. The van der Waals surface area contributed by atoms with Crippen LogP contribution in [-0.2, 0) is 0 Å². The zero-order valence-electron chi connectivity index (χ0n) is 31.3. The first kappa shape index (κ1) is 33.9. The van der Waals surface area contributed by atoms with Crippen molar-refractivity contribution in [3.8, 4) is 33.4 Å². The topological polar surface area (TPSA) is 19.6 Å². The van der Waals surface area contributed by atoms with Gasteiger partial charge in [0.05, 0.1) is 11.4 Å². The summed E-state index contributed by atoms with van der Waals surface area (Å²) in [7, 11) is 0. The molecule has 1 aliphatic heterocycles. The Morgan fingerprint density at radius 3 is 1.72 bits per heavy atom. The molecule has 0 fully saturated rings. The molecular weight excluding hydrogens is 693 g/mol. The molecule has 0 saturated heterocycles. The first-order valence-corrected chi connectivity index (χ1v) is 19.3. The van der Waals surface area contributed by atoms with Crippen molar-refractivity contribution in [3.05, 3.63) is 236 Å². The van der Waals surface area contributed by atoms with E-state index < -0.39 is 0 Å². The number of anilines is 4. The number of fused-ring (bicyclic) bond motifs is 4. The lowest BCUT2D eigenvalue weighted by molar-refractivity contribution is 0.670. The lowest BCUT2D eigenvalue weighted by Gasteiger charge is -2.31. The second-order valence-electron chi connectivity index (χ2n) is 14.2. The fourth-order valence-corrected chi connectivity index (χ4v) is 8.11. The monoisotopic (exact) mass is 730 g/mol. The second-order valence-corrected chi connectivity index (χ2v) is 14.2. The van der Waals surface area contributed by atoms with E-state index in [1.165, 1.54) is 0 Å². The fourth-order valence-electron chi connectivity index (χ4n) is 8.11. The minimum absolute atomic E-state index is 0.899. The lowest BCUT2D eigenvalue weighted by Crippen LogP contribution is -2.20. The van der Waals surface area contributed by atoms with Crippen molar-refractivity contribution in [2.24, 2.45) is 0 Å². The minimum atomic E-state index is 0.899. The third-order valence-electron chi connectivity index (χ3n) is 10.8. The van der Waals surface area contributed by atoms with Gasteiger partial charge in [0.25, 0.3) is 0 Å². The molecule has 9 aromatic rings. The van der Waals surface area contributed by atoms with E-state index in [4.69, 9.17) is 4.42 Å². The van der Waals surface area contributed by atoms with Crippen LogP contribution < -0.4 is 9.80 Å². The maximum atomic E-state index is 6.51. The highest BCUT2D eigenvalue weighted by Gasteiger charge is 2.21. The van der Waals surface area contributed by atoms with Gasteiger partial charge in [0.1, 0.15) is 11.2 Å². The van der Waals surface area contributed by atoms with Crippen LogP contribution in [0.15, 0.2) is 235 Å². The van der Waals surface area contributed by atoms with E-state index in [1.54, 1.807) is 0 Å². The van der Waals surface area contributed by atoms with Crippen LogP contribution in [0.1, 0.15) is 5.56 Å². The zero-order chi connectivity index (χ0) is 38.1. The molecule has 1 aromatic heterocycles. The summed E-state index contributed by atoms with van der Waals surface area (Å²) in [6.45, 7) is 4.49. The predicted molar refractivity (Wildman–Crippen MR) is 240 cm³/mol. The Hall–Kier alpha value is -7.62. The van der Waals surface area contributed by atoms with Crippen LogP contribution in [0, 0.1) is 0 Å². The van der Waals surface area contributed by atoms with Crippen LogP contribution in [0.5, 0.6) is 0 Å². The average molecular weight is 731 g/mol. The summed E-state index contributed by atoms with van der Waals surface area (Å²) in [5, 5.41) is 2.25. The fraction of sp³-hybridized carbons (Fsp3) is 0. The van der Waals surface area contributed by atoms with Crippen molar-refractivity contribution >= 4 is 50.3 Å². The number of allylic oxidation sites excluding steroid dienone is 3. The Bertz CT molecular complexity index is 2970. The van der Waals surface area contributed by atoms with Gasteiger partial charge in [0.15, 0.2) is 0 Å². The van der Waals surface area contributed by atoms with Gasteiger partial charge in [-0.2, -0.15) is 0 Å². The van der Waals surface area contributed by atoms with Crippen molar-refractivity contribution in [2.45, 2.75) is 0 Å². The molecule has 0 N–H and O–H groups in total. The molecule has 0 spiro atoms. The molecular formula is C54H38N2O. The van der Waals surface area contributed by atoms with Crippen molar-refractivity contribution < 1.29 is 4.42 Å². The van der Waals surface area contributed by atoms with E-state index in [1.807, 2.05) is 12.1 Å². The van der Waals surface area contributed by atoms with Gasteiger partial charge < -0.3 is 14.2 Å². The molecule has 0 aliphatic carbocycles. The van der Waals surface area contributed by atoms with E-state index >= 15 is 0 Å². The molecule has 270 valence electrons. The smallest absolute Gasteiger partial charge is 0.143 e. The number of nitrogens with zero attached hydrogens (tertiary/aromatic N) is 2. The highest BCUT2D eigenvalue weighted by atomic mass is 16.3. The molecule has 8 aromatic carbocycles. The van der Waals surface area contributed by atoms with Crippen LogP contribution in [0.4, 0.5) is 22.7 Å². The largest absolute Gasteiger partial charge is 0.455 e. The van der Waals surface area contributed by atoms with Crippen LogP contribution in [0.25, 0.3) is 60.9 Å². The van der Waals surface area contributed by atoms with E-state index in [0.717, 1.165) is 94.9 Å². The molecule has 0 radical (unpaired) electrons. The van der Waals surface area contributed by atoms with Gasteiger partial charge in [-0.3, -0.25) is 0 Å². The summed E-state index contributed by atoms with van der Waals surface area (Å²) in [5.74, 6) is 0. The standard InChI is InChI=1S/C54H38N2O/c1-38-31-34-43(37-55(40-17-4-2-5-18-40)52-29-14-12-21-44(38)52)56(41-19-6-3-7-20-41)42-35-32-39(33-36-42)45-22-8-9-23-46(45)47-24-10-11-25-48(47)50-27-16-28-51-49-26-13-15-30-53(49)57-54(50)51/h2-37H,1H2/b34-31-,43-37+. The molecule has 10 rings (SSSR count). The second kappa shape index (κ2) is 14.6. The Morgan fingerprint density at radius 2 is 0.965 bits per heavy atom. The van der Waals surface area contributed by atoms with Gasteiger partial charge >= 0.3 is 0 Å². The number of rotatable bonds is 7. The van der Waals surface area contributed by atoms with Crippen molar-refractivity contribution in [3.63, 3.8) is 0 Å². The first-order chi connectivity index (χ1) is 28.2. The highest BCUT2D eigenvalue weighted by molar-refractivity contribution is 6.11. The maximum absolute atomic E-state index is 6.51. The molecule has 3 heteroatoms. The normalized spacial score (nSPS) is 14.1. The molecule has 0 amide bonds. The molecule has 0 atom stereocenters. The zero-order valence-corrected chi connectivity index (χ0v) is 31.3. The van der Waals surface area contributed by atoms with Crippen molar-refractivity contribution in [2.75, 3.05) is 9.80 Å². The average Bonchev–Trinajstić information content (AvgIpc) is 3.67. The van der Waals surface area contributed by atoms with Gasteiger partial charge in [-0.05, 0) is 88.0 Å². The lowest BCUT2D eigenvalue weighted by atomic mass is 9.89. The Balaban J connectivity index is 1.08. The molecule has 0 unspecified atom stereocenters. The summed E-state index contributed by atoms with van der Waals surface area (Å²) in [5.41, 5.74) is 15.9. The Morgan fingerprint density at radius 1 is 0.421 bits per heavy atom. The SMILES string of the molecule is C=C1/C=C\C(N(c2ccccc2)c2ccc(-c3ccccc3-c3ccccc3-c3cccc4c3oc3ccccc34)cc2)=C/N(c2ccccc2)c2ccccc21. The van der Waals surface area contributed by atoms with Crippen LogP contribution >= 0.6 is 0 Å². The van der Waals surface area contributed by atoms with E-state index in [2.05, 4.69) is 223 Å². The molecule has 0 saturated carbocycles. The van der Waals surface area contributed by atoms with Crippen LogP contribution in [0.2, 0.25) is 0 Å². The summed E-state index contributed by atoms with van der Waals surface area (Å²) < 4.78 is 6.51. The summed E-state index contributed by atoms with van der Waals surface area (Å²) in [6, 6.07) is 70.5. The third-order valence-corrected chi connectivity index (χ3v) is 10.8. The van der Waals surface area contributed by atoms with E-state index in [-0.39, 0.29) is 0 Å². The maximum Gasteiger partial charge on any atom is 0.143 e. The number of furan rings is 1. The quantitative estimate of drug-likeness (QED) is 0.163. The summed E-state index contributed by atoms with van der Waals surface area (Å²) in [4.78, 5) is 4.58. The molecule has 57 heavy (non-hydrogen) atoms. The van der Waals surface area contributed by atoms with Gasteiger partial charge in [-0.25, -0.2) is 0 Å². The summed E-state index contributed by atoms with van der Waals surface area (Å²) in [6.07, 6.45) is 6.52.